The highest BCUT2D eigenvalue weighted by Gasteiger charge is 2.31. The van der Waals surface area contributed by atoms with E-state index in [-0.39, 0.29) is 5.78 Å². The number of rotatable bonds is 9. The summed E-state index contributed by atoms with van der Waals surface area (Å²) < 4.78 is 69.1. The summed E-state index contributed by atoms with van der Waals surface area (Å²) in [6.45, 7) is 0.325. The zero-order chi connectivity index (χ0) is 23.9. The molecule has 2 rings (SSSR count). The minimum absolute atomic E-state index is 0.138. The average molecular weight is 472 g/mol. The maximum atomic E-state index is 12.7. The first kappa shape index (κ1) is 25.0. The van der Waals surface area contributed by atoms with E-state index >= 15 is 0 Å². The molecular weight excluding hydrogens is 453 g/mol. The third-order valence-electron chi connectivity index (χ3n) is 4.03. The van der Waals surface area contributed by atoms with Crippen molar-refractivity contribution in [2.24, 2.45) is 0 Å². The van der Waals surface area contributed by atoms with E-state index in [0.717, 1.165) is 18.2 Å². The second-order valence-electron chi connectivity index (χ2n) is 6.52. The van der Waals surface area contributed by atoms with E-state index in [1.165, 1.54) is 31.2 Å². The van der Waals surface area contributed by atoms with Crippen LogP contribution in [-0.4, -0.2) is 39.2 Å². The number of benzene rings is 2. The Bertz CT molecular complexity index is 1100. The third-order valence-corrected chi connectivity index (χ3v) is 5.49. The van der Waals surface area contributed by atoms with Crippen LogP contribution in [0.5, 0.6) is 0 Å². The molecule has 0 aromatic heterocycles. The third kappa shape index (κ3) is 7.46. The van der Waals surface area contributed by atoms with E-state index in [4.69, 9.17) is 4.74 Å². The van der Waals surface area contributed by atoms with Crippen LogP contribution < -0.4 is 10.0 Å². The second-order valence-corrected chi connectivity index (χ2v) is 8.28. The van der Waals surface area contributed by atoms with Crippen molar-refractivity contribution < 1.29 is 40.7 Å². The van der Waals surface area contributed by atoms with E-state index in [1.54, 1.807) is 0 Å². The number of carbonyl (C=O) groups excluding carboxylic acids is 3. The number of ketones is 1. The second kappa shape index (κ2) is 10.4. The van der Waals surface area contributed by atoms with Crippen molar-refractivity contribution in [2.45, 2.75) is 24.4 Å². The van der Waals surface area contributed by atoms with Gasteiger partial charge in [-0.05, 0) is 49.4 Å². The Kier molecular flexibility index (Phi) is 8.11. The number of halogens is 3. The summed E-state index contributed by atoms with van der Waals surface area (Å²) in [6, 6.07) is 9.19. The molecule has 2 aromatic carbocycles. The minimum atomic E-state index is -4.70. The molecule has 0 spiro atoms. The Morgan fingerprint density at radius 3 is 2.28 bits per heavy atom. The zero-order valence-corrected chi connectivity index (χ0v) is 17.5. The fourth-order valence-electron chi connectivity index (χ4n) is 2.41. The molecule has 0 unspecified atom stereocenters. The number of anilines is 1. The van der Waals surface area contributed by atoms with E-state index in [0.29, 0.717) is 17.3 Å². The number of carbonyl (C=O) groups is 3. The van der Waals surface area contributed by atoms with Crippen LogP contribution in [0.2, 0.25) is 0 Å². The lowest BCUT2D eigenvalue weighted by Gasteiger charge is -2.10. The number of amides is 1. The Morgan fingerprint density at radius 2 is 1.69 bits per heavy atom. The molecule has 0 aliphatic heterocycles. The molecule has 0 aliphatic rings. The largest absolute Gasteiger partial charge is 0.456 e. The summed E-state index contributed by atoms with van der Waals surface area (Å²) in [6.07, 6.45) is -5.15. The van der Waals surface area contributed by atoms with Gasteiger partial charge in [0.15, 0.2) is 12.4 Å². The molecule has 1 amide bonds. The predicted octanol–water partition coefficient (Wildman–Crippen LogP) is 2.76. The standard InChI is InChI=1S/C20H19F3N2O6S/c1-13(26)14-5-7-16(8-6-14)25-18(27)12-31-19(28)9-10-24-32(29,30)17-4-2-3-15(11-17)20(21,22)23/h2-8,11,24H,9-10,12H2,1H3,(H,25,27). The minimum Gasteiger partial charge on any atom is -0.456 e. The Balaban J connectivity index is 1.79. The van der Waals surface area contributed by atoms with Crippen molar-refractivity contribution >= 4 is 33.4 Å². The molecule has 0 atom stereocenters. The van der Waals surface area contributed by atoms with E-state index in [1.807, 2.05) is 4.72 Å². The first-order chi connectivity index (χ1) is 14.9. The molecular formula is C20H19F3N2O6S. The summed E-state index contributed by atoms with van der Waals surface area (Å²) in [5.74, 6) is -1.68. The quantitative estimate of drug-likeness (QED) is 0.428. The van der Waals surface area contributed by atoms with Crippen LogP contribution in [0.15, 0.2) is 53.4 Å². The smallest absolute Gasteiger partial charge is 0.416 e. The number of Topliss-reactive ketones (excluding diaryl/α,β-unsaturated/α-hetero) is 1. The van der Waals surface area contributed by atoms with Gasteiger partial charge >= 0.3 is 12.1 Å². The van der Waals surface area contributed by atoms with Crippen LogP contribution in [0.4, 0.5) is 18.9 Å². The van der Waals surface area contributed by atoms with E-state index in [2.05, 4.69) is 5.32 Å². The van der Waals surface area contributed by atoms with Gasteiger partial charge in [0.25, 0.3) is 5.91 Å². The molecule has 0 heterocycles. The Hall–Kier alpha value is -3.25. The number of alkyl halides is 3. The number of hydrogen-bond donors (Lipinski definition) is 2. The number of esters is 1. The van der Waals surface area contributed by atoms with E-state index < -0.39 is 58.1 Å². The molecule has 32 heavy (non-hydrogen) atoms. The predicted molar refractivity (Wildman–Crippen MR) is 107 cm³/mol. The highest BCUT2D eigenvalue weighted by atomic mass is 32.2. The van der Waals surface area contributed by atoms with Gasteiger partial charge in [-0.25, -0.2) is 13.1 Å². The molecule has 172 valence electrons. The fourth-order valence-corrected chi connectivity index (χ4v) is 3.49. The van der Waals surface area contributed by atoms with Crippen molar-refractivity contribution in [3.05, 3.63) is 59.7 Å². The molecule has 2 N–H and O–H groups in total. The Labute approximate surface area is 181 Å². The van der Waals surface area contributed by atoms with Gasteiger partial charge in [-0.1, -0.05) is 6.07 Å². The van der Waals surface area contributed by atoms with Crippen molar-refractivity contribution in [1.82, 2.24) is 4.72 Å². The van der Waals surface area contributed by atoms with Crippen LogP contribution in [0.1, 0.15) is 29.3 Å². The highest BCUT2D eigenvalue weighted by Crippen LogP contribution is 2.30. The first-order valence-electron chi connectivity index (χ1n) is 9.12. The normalized spacial score (nSPS) is 11.6. The lowest BCUT2D eigenvalue weighted by molar-refractivity contribution is -0.147. The van der Waals surface area contributed by atoms with Gasteiger partial charge in [-0.15, -0.1) is 0 Å². The molecule has 0 saturated heterocycles. The zero-order valence-electron chi connectivity index (χ0n) is 16.7. The summed E-state index contributed by atoms with van der Waals surface area (Å²) in [4.78, 5) is 34.1. The van der Waals surface area contributed by atoms with Gasteiger partial charge in [0, 0.05) is 17.8 Å². The molecule has 0 bridgehead atoms. The first-order valence-corrected chi connectivity index (χ1v) is 10.6. The van der Waals surface area contributed by atoms with Gasteiger partial charge in [0.2, 0.25) is 10.0 Å². The van der Waals surface area contributed by atoms with Gasteiger partial charge in [0.05, 0.1) is 16.9 Å². The number of ether oxygens (including phenoxy) is 1. The van der Waals surface area contributed by atoms with E-state index in [9.17, 15) is 36.0 Å². The molecule has 8 nitrogen and oxygen atoms in total. The molecule has 2 aromatic rings. The fraction of sp³-hybridized carbons (Fsp3) is 0.250. The lowest BCUT2D eigenvalue weighted by atomic mass is 10.1. The SMILES string of the molecule is CC(=O)c1ccc(NC(=O)COC(=O)CCNS(=O)(=O)c2cccc(C(F)(F)F)c2)cc1. The average Bonchev–Trinajstić information content (AvgIpc) is 2.72. The van der Waals surface area contributed by atoms with Gasteiger partial charge < -0.3 is 10.1 Å². The highest BCUT2D eigenvalue weighted by molar-refractivity contribution is 7.89. The Morgan fingerprint density at radius 1 is 1.03 bits per heavy atom. The topological polar surface area (TPSA) is 119 Å². The van der Waals surface area contributed by atoms with Crippen LogP contribution in [0, 0.1) is 0 Å². The molecule has 0 radical (unpaired) electrons. The van der Waals surface area contributed by atoms with Crippen LogP contribution in [0.25, 0.3) is 0 Å². The number of hydrogen-bond acceptors (Lipinski definition) is 6. The summed E-state index contributed by atoms with van der Waals surface area (Å²) in [5.41, 5.74) is -0.284. The molecule has 0 fully saturated rings. The van der Waals surface area contributed by atoms with Crippen LogP contribution >= 0.6 is 0 Å². The summed E-state index contributed by atoms with van der Waals surface area (Å²) in [5, 5.41) is 2.45. The van der Waals surface area contributed by atoms with Crippen molar-refractivity contribution in [3.63, 3.8) is 0 Å². The van der Waals surface area contributed by atoms with Gasteiger partial charge in [-0.3, -0.25) is 14.4 Å². The lowest BCUT2D eigenvalue weighted by Crippen LogP contribution is -2.28. The number of nitrogens with one attached hydrogen (secondary N) is 2. The van der Waals surface area contributed by atoms with Crippen molar-refractivity contribution in [1.29, 1.82) is 0 Å². The summed E-state index contributed by atoms with van der Waals surface area (Å²) >= 11 is 0. The van der Waals surface area contributed by atoms with Gasteiger partial charge in [0.1, 0.15) is 0 Å². The van der Waals surface area contributed by atoms with Crippen molar-refractivity contribution in [3.8, 4) is 0 Å². The van der Waals surface area contributed by atoms with Crippen molar-refractivity contribution in [2.75, 3.05) is 18.5 Å². The molecule has 0 saturated carbocycles. The summed E-state index contributed by atoms with van der Waals surface area (Å²) in [7, 11) is -4.28. The van der Waals surface area contributed by atoms with Gasteiger partial charge in [-0.2, -0.15) is 13.2 Å². The monoisotopic (exact) mass is 472 g/mol. The van der Waals surface area contributed by atoms with Crippen LogP contribution in [0.3, 0.4) is 0 Å². The maximum absolute atomic E-state index is 12.7. The molecule has 12 heteroatoms. The maximum Gasteiger partial charge on any atom is 0.416 e. The number of sulfonamides is 1. The van der Waals surface area contributed by atoms with Crippen LogP contribution in [-0.2, 0) is 30.5 Å². The molecule has 0 aliphatic carbocycles.